The summed E-state index contributed by atoms with van der Waals surface area (Å²) in [7, 11) is 1.28. The highest BCUT2D eigenvalue weighted by molar-refractivity contribution is 5.96. The first-order chi connectivity index (χ1) is 32.8. The first kappa shape index (κ1) is 53.9. The lowest BCUT2D eigenvalue weighted by Crippen LogP contribution is -2.71. The summed E-state index contributed by atoms with van der Waals surface area (Å²) in [5, 5.41) is 128. The van der Waals surface area contributed by atoms with E-state index in [-0.39, 0.29) is 37.9 Å². The molecule has 8 rings (SSSR count). The number of carbonyl (C=O) groups excluding carboxylic acids is 3. The monoisotopic (exact) mass is 1000 g/mol. The van der Waals surface area contributed by atoms with Gasteiger partial charge in [0.2, 0.25) is 6.29 Å². The largest absolute Gasteiger partial charge is 0.469 e. The molecule has 398 valence electrons. The highest BCUT2D eigenvalue weighted by atomic mass is 16.7. The summed E-state index contributed by atoms with van der Waals surface area (Å²) in [6, 6.07) is 0. The predicted octanol–water partition coefficient (Wildman–Crippen LogP) is -2.95. The van der Waals surface area contributed by atoms with Crippen LogP contribution in [0, 0.1) is 50.2 Å². The normalized spacial score (nSPS) is 53.6. The van der Waals surface area contributed by atoms with Gasteiger partial charge < -0.3 is 94.4 Å². The van der Waals surface area contributed by atoms with E-state index < -0.39 is 187 Å². The molecule has 0 unspecified atom stereocenters. The van der Waals surface area contributed by atoms with Crippen LogP contribution in [0.1, 0.15) is 86.0 Å². The molecular formula is C48H74O22. The Morgan fingerprint density at radius 1 is 0.686 bits per heavy atom. The van der Waals surface area contributed by atoms with E-state index in [0.29, 0.717) is 24.8 Å². The van der Waals surface area contributed by atoms with Crippen molar-refractivity contribution in [2.45, 2.75) is 184 Å². The van der Waals surface area contributed by atoms with Gasteiger partial charge in [-0.2, -0.15) is 0 Å². The third-order valence-electron chi connectivity index (χ3n) is 19.2. The number of hydrogen-bond acceptors (Lipinski definition) is 22. The number of allylic oxidation sites excluding steroid dienone is 2. The van der Waals surface area contributed by atoms with Crippen LogP contribution in [0.5, 0.6) is 0 Å². The van der Waals surface area contributed by atoms with Crippen LogP contribution < -0.4 is 0 Å². The van der Waals surface area contributed by atoms with Crippen molar-refractivity contribution >= 4 is 17.7 Å². The number of aliphatic hydroxyl groups is 12. The molecule has 4 saturated carbocycles. The Morgan fingerprint density at radius 3 is 1.87 bits per heavy atom. The molecular weight excluding hydrogens is 929 g/mol. The van der Waals surface area contributed by atoms with Crippen molar-refractivity contribution in [2.24, 2.45) is 50.2 Å². The minimum Gasteiger partial charge on any atom is -0.469 e. The van der Waals surface area contributed by atoms with E-state index in [2.05, 4.69) is 6.92 Å². The van der Waals surface area contributed by atoms with E-state index in [1.165, 1.54) is 7.11 Å². The number of aliphatic hydroxyl groups excluding tert-OH is 12. The first-order valence-corrected chi connectivity index (χ1v) is 24.5. The van der Waals surface area contributed by atoms with Gasteiger partial charge in [-0.25, -0.2) is 0 Å². The van der Waals surface area contributed by atoms with Gasteiger partial charge in [-0.3, -0.25) is 14.4 Å². The van der Waals surface area contributed by atoms with Crippen LogP contribution in [0.25, 0.3) is 0 Å². The molecule has 0 bridgehead atoms. The second-order valence-corrected chi connectivity index (χ2v) is 22.9. The number of rotatable bonds is 10. The summed E-state index contributed by atoms with van der Waals surface area (Å²) in [4.78, 5) is 43.6. The number of methoxy groups -OCH3 is 1. The van der Waals surface area contributed by atoms with Gasteiger partial charge in [-0.05, 0) is 92.4 Å². The molecule has 22 nitrogen and oxygen atoms in total. The summed E-state index contributed by atoms with van der Waals surface area (Å²) in [5.74, 6) is -3.52. The van der Waals surface area contributed by atoms with Crippen molar-refractivity contribution in [1.82, 2.24) is 0 Å². The summed E-state index contributed by atoms with van der Waals surface area (Å²) in [5.41, 5.74) is -5.62. The maximum absolute atomic E-state index is 15.3. The van der Waals surface area contributed by atoms with Crippen LogP contribution in [0.4, 0.5) is 0 Å². The molecule has 0 radical (unpaired) electrons. The molecule has 5 aliphatic carbocycles. The average Bonchev–Trinajstić information content (AvgIpc) is 3.32. The van der Waals surface area contributed by atoms with E-state index in [0.717, 1.165) is 0 Å². The van der Waals surface area contributed by atoms with Crippen LogP contribution in [0.3, 0.4) is 0 Å². The van der Waals surface area contributed by atoms with Gasteiger partial charge in [0, 0.05) is 11.3 Å². The van der Waals surface area contributed by atoms with Gasteiger partial charge in [-0.1, -0.05) is 33.3 Å². The topological polar surface area (TPSA) is 359 Å². The summed E-state index contributed by atoms with van der Waals surface area (Å²) >= 11 is 0. The smallest absolute Gasteiger partial charge is 0.315 e. The van der Waals surface area contributed by atoms with Gasteiger partial charge in [0.25, 0.3) is 0 Å². The highest BCUT2D eigenvalue weighted by Gasteiger charge is 2.73. The van der Waals surface area contributed by atoms with Crippen LogP contribution in [0.2, 0.25) is 0 Å². The van der Waals surface area contributed by atoms with Crippen molar-refractivity contribution in [1.29, 1.82) is 0 Å². The summed E-state index contributed by atoms with van der Waals surface area (Å²) in [6.45, 7) is 7.13. The van der Waals surface area contributed by atoms with Crippen molar-refractivity contribution < 1.29 is 109 Å². The molecule has 0 aromatic carbocycles. The SMILES string of the molecule is COC(=O)[C@@]1(C)CC[C@]2(C(=O)O[C@@H]3O[C@H](CO)[C@@H](O)[C@H](O)[C@H]3O)CC[C@]3(C)C(=CC(=O)[C@@H]4[C@@]5(C)C[C@H](O)[C@H](O[C@@H]6OC[C@@H](O[C@@H]7O[C@H](CO)[C@@H](O)[C@H](O)[C@H]7O)[C@H](O)[C@H]6O)[C@@](C)(CO)[C@@H]5CC[C@]43C)[C@@H]2C1. The third kappa shape index (κ3) is 8.05. The maximum Gasteiger partial charge on any atom is 0.315 e. The van der Waals surface area contributed by atoms with Crippen LogP contribution in [0.15, 0.2) is 11.6 Å². The Labute approximate surface area is 405 Å². The maximum atomic E-state index is 15.3. The zero-order valence-corrected chi connectivity index (χ0v) is 40.5. The van der Waals surface area contributed by atoms with E-state index in [1.807, 2.05) is 13.8 Å². The number of fused-ring (bicyclic) bond motifs is 7. The van der Waals surface area contributed by atoms with Crippen LogP contribution in [-0.4, -0.2) is 211 Å². The van der Waals surface area contributed by atoms with Gasteiger partial charge in [0.1, 0.15) is 67.1 Å². The van der Waals surface area contributed by atoms with Gasteiger partial charge in [0.05, 0.1) is 56.6 Å². The molecule has 0 spiro atoms. The van der Waals surface area contributed by atoms with Crippen LogP contribution >= 0.6 is 0 Å². The minimum atomic E-state index is -1.85. The number of carbonyl (C=O) groups is 3. The minimum absolute atomic E-state index is 0.0105. The highest BCUT2D eigenvalue weighted by Crippen LogP contribution is 2.75. The molecule has 8 aliphatic rings. The van der Waals surface area contributed by atoms with Crippen molar-refractivity contribution in [3.63, 3.8) is 0 Å². The molecule has 70 heavy (non-hydrogen) atoms. The fourth-order valence-electron chi connectivity index (χ4n) is 15.0. The van der Waals surface area contributed by atoms with Crippen molar-refractivity contribution in [3.8, 4) is 0 Å². The lowest BCUT2D eigenvalue weighted by Gasteiger charge is -2.71. The van der Waals surface area contributed by atoms with E-state index in [1.54, 1.807) is 19.9 Å². The molecule has 3 heterocycles. The van der Waals surface area contributed by atoms with E-state index >= 15 is 4.79 Å². The number of hydrogen-bond donors (Lipinski definition) is 12. The molecule has 0 aromatic heterocycles. The standard InChI is InChI=1S/C48H74O22/c1-43(41(62)64-6)9-11-48(42(63)70-40-35(61)32(58)29(55)25(17-50)67-40)12-10-46(4)20(21(48)14-43)13-22(52)36-44(2)15-23(53)37(45(3,19-51)27(44)7-8-47(36,46)5)69-38-33(59)30(56)26(18-65-38)68-39-34(60)31(57)28(54)24(16-49)66-39/h13,21,23-40,49-51,53-61H,7-12,14-19H2,1-6H3/t21-,23-,24+,25+,26+,27+,28+,29+,30-,31-,32-,33+,34+,35+,36+,37-,38-,39-,40-,43-,44-,45-,46+,47+,48-/m0/s1. The Morgan fingerprint density at radius 2 is 1.27 bits per heavy atom. The molecule has 3 saturated heterocycles. The lowest BCUT2D eigenvalue weighted by molar-refractivity contribution is -0.357. The Kier molecular flexibility index (Phi) is 14.7. The molecule has 12 N–H and O–H groups in total. The Bertz CT molecular complexity index is 2000. The van der Waals surface area contributed by atoms with Crippen molar-refractivity contribution in [2.75, 3.05) is 33.5 Å². The average molecular weight is 1000 g/mol. The lowest BCUT2D eigenvalue weighted by atomic mass is 9.33. The number of ketones is 1. The fraction of sp³-hybridized carbons (Fsp3) is 0.896. The van der Waals surface area contributed by atoms with E-state index in [4.69, 9.17) is 33.2 Å². The predicted molar refractivity (Wildman–Crippen MR) is 234 cm³/mol. The quantitative estimate of drug-likeness (QED) is 0.0769. The van der Waals surface area contributed by atoms with Crippen molar-refractivity contribution in [3.05, 3.63) is 11.6 Å². The number of ether oxygens (including phenoxy) is 7. The molecule has 3 aliphatic heterocycles. The fourth-order valence-corrected chi connectivity index (χ4v) is 15.0. The Balaban J connectivity index is 1.06. The number of esters is 2. The molecule has 7 fully saturated rings. The zero-order valence-electron chi connectivity index (χ0n) is 40.5. The van der Waals surface area contributed by atoms with Crippen LogP contribution in [-0.2, 0) is 47.5 Å². The third-order valence-corrected chi connectivity index (χ3v) is 19.2. The second kappa shape index (κ2) is 19.1. The van der Waals surface area contributed by atoms with Gasteiger partial charge in [-0.15, -0.1) is 0 Å². The summed E-state index contributed by atoms with van der Waals surface area (Å²) in [6.07, 6.45) is -22.0. The molecule has 0 aromatic rings. The first-order valence-electron chi connectivity index (χ1n) is 24.5. The molecule has 22 heteroatoms. The molecule has 25 atom stereocenters. The molecule has 0 amide bonds. The Hall–Kier alpha value is -2.33. The van der Waals surface area contributed by atoms with E-state index in [9.17, 15) is 70.9 Å². The zero-order chi connectivity index (χ0) is 51.4. The summed E-state index contributed by atoms with van der Waals surface area (Å²) < 4.78 is 40.0. The second-order valence-electron chi connectivity index (χ2n) is 22.9. The van der Waals surface area contributed by atoms with Gasteiger partial charge in [0.15, 0.2) is 18.4 Å². The van der Waals surface area contributed by atoms with Gasteiger partial charge >= 0.3 is 11.9 Å².